The van der Waals surface area contributed by atoms with Gasteiger partial charge >= 0.3 is 0 Å². The highest BCUT2D eigenvalue weighted by Gasteiger charge is 2.27. The number of nitrogens with zero attached hydrogens (tertiary/aromatic N) is 2. The van der Waals surface area contributed by atoms with Crippen LogP contribution in [0.15, 0.2) is 194 Å². The highest BCUT2D eigenvalue weighted by molar-refractivity contribution is 6.89. The van der Waals surface area contributed by atoms with E-state index < -0.39 is 16.1 Å². The minimum absolute atomic E-state index is 0.914. The fraction of sp³-hybridized carbons (Fsp3) is 0.161. The summed E-state index contributed by atoms with van der Waals surface area (Å²) in [4.78, 5) is 5.09. The molecule has 0 aliphatic carbocycles. The maximum absolute atomic E-state index is 2.55. The Morgan fingerprint density at radius 1 is 0.333 bits per heavy atom. The Hall–Kier alpha value is -6.73. The number of aryl methyl sites for hydroxylation is 2. The first-order valence-electron chi connectivity index (χ1n) is 23.8. The SMILES string of the molecule is CCc1cc(N(c2ccc([Si](C)(C)C)cc2)c2ccccc2-c2ccccc2)c2ccc3c(CC)cc(N(c4ccc([Si](C)(C)C)cc4)c4ccccc4-c4ccccc4)c4ccc1c2c34. The lowest BCUT2D eigenvalue weighted by molar-refractivity contribution is 1.15. The van der Waals surface area contributed by atoms with Crippen LogP contribution in [0.2, 0.25) is 39.3 Å². The largest absolute Gasteiger partial charge is 0.309 e. The predicted molar refractivity (Wildman–Crippen MR) is 295 cm³/mol. The summed E-state index contributed by atoms with van der Waals surface area (Å²) in [6.07, 6.45) is 1.83. The van der Waals surface area contributed by atoms with Gasteiger partial charge in [0.25, 0.3) is 0 Å². The van der Waals surface area contributed by atoms with Crippen LogP contribution in [-0.2, 0) is 12.8 Å². The fourth-order valence-electron chi connectivity index (χ4n) is 10.2. The molecule has 0 heterocycles. The number of benzene rings is 10. The lowest BCUT2D eigenvalue weighted by atomic mass is 9.86. The van der Waals surface area contributed by atoms with Gasteiger partial charge in [-0.05, 0) is 105 Å². The number of hydrogen-bond donors (Lipinski definition) is 0. The van der Waals surface area contributed by atoms with Gasteiger partial charge in [-0.1, -0.05) is 209 Å². The molecule has 0 fully saturated rings. The molecule has 0 saturated heterocycles. The first kappa shape index (κ1) is 43.2. The summed E-state index contributed by atoms with van der Waals surface area (Å²) >= 11 is 0. The number of para-hydroxylation sites is 2. The Morgan fingerprint density at radius 2 is 0.667 bits per heavy atom. The Balaban J connectivity index is 1.29. The lowest BCUT2D eigenvalue weighted by Crippen LogP contribution is -2.37. The number of rotatable bonds is 12. The lowest BCUT2D eigenvalue weighted by Gasteiger charge is -2.32. The average molecular weight is 889 g/mol. The second-order valence-corrected chi connectivity index (χ2v) is 30.1. The van der Waals surface area contributed by atoms with E-state index in [-0.39, 0.29) is 0 Å². The van der Waals surface area contributed by atoms with Crippen molar-refractivity contribution in [2.45, 2.75) is 66.0 Å². The molecule has 0 spiro atoms. The molecular weight excluding hydrogens is 829 g/mol. The Kier molecular flexibility index (Phi) is 11.3. The third kappa shape index (κ3) is 7.72. The zero-order valence-electron chi connectivity index (χ0n) is 39.8. The third-order valence-electron chi connectivity index (χ3n) is 13.7. The van der Waals surface area contributed by atoms with Crippen molar-refractivity contribution in [3.63, 3.8) is 0 Å². The van der Waals surface area contributed by atoms with Crippen LogP contribution < -0.4 is 20.2 Å². The molecule has 4 heteroatoms. The minimum atomic E-state index is -1.54. The van der Waals surface area contributed by atoms with Gasteiger partial charge in [-0.3, -0.25) is 0 Å². The maximum atomic E-state index is 2.55. The topological polar surface area (TPSA) is 6.48 Å². The van der Waals surface area contributed by atoms with Crippen LogP contribution in [0.1, 0.15) is 25.0 Å². The Morgan fingerprint density at radius 3 is 1.02 bits per heavy atom. The molecule has 326 valence electrons. The average Bonchev–Trinajstić information content (AvgIpc) is 3.34. The Labute approximate surface area is 394 Å². The highest BCUT2D eigenvalue weighted by Crippen LogP contribution is 2.51. The molecule has 2 nitrogen and oxygen atoms in total. The fourth-order valence-corrected chi connectivity index (χ4v) is 12.5. The summed E-state index contributed by atoms with van der Waals surface area (Å²) in [5.41, 5.74) is 14.6. The third-order valence-corrected chi connectivity index (χ3v) is 17.8. The Bertz CT molecular complexity index is 3100. The van der Waals surface area contributed by atoms with Gasteiger partial charge in [-0.15, -0.1) is 0 Å². The van der Waals surface area contributed by atoms with E-state index in [4.69, 9.17) is 0 Å². The van der Waals surface area contributed by atoms with Gasteiger partial charge in [0, 0.05) is 33.3 Å². The van der Waals surface area contributed by atoms with Crippen LogP contribution in [0.4, 0.5) is 34.1 Å². The molecule has 0 unspecified atom stereocenters. The van der Waals surface area contributed by atoms with E-state index in [1.807, 2.05) is 0 Å². The van der Waals surface area contributed by atoms with Crippen molar-refractivity contribution in [1.29, 1.82) is 0 Å². The molecule has 10 rings (SSSR count). The molecule has 0 aliphatic rings. The summed E-state index contributed by atoms with van der Waals surface area (Å²) in [5.74, 6) is 0. The summed E-state index contributed by atoms with van der Waals surface area (Å²) in [6.45, 7) is 19.2. The van der Waals surface area contributed by atoms with E-state index in [9.17, 15) is 0 Å². The van der Waals surface area contributed by atoms with Crippen LogP contribution in [0.25, 0.3) is 54.6 Å². The smallest absolute Gasteiger partial charge is 0.0775 e. The first-order valence-corrected chi connectivity index (χ1v) is 30.8. The van der Waals surface area contributed by atoms with Crippen LogP contribution in [0.3, 0.4) is 0 Å². The van der Waals surface area contributed by atoms with Crippen LogP contribution in [0.5, 0.6) is 0 Å². The molecule has 0 atom stereocenters. The summed E-state index contributed by atoms with van der Waals surface area (Å²) in [7, 11) is -3.09. The van der Waals surface area contributed by atoms with E-state index >= 15 is 0 Å². The minimum Gasteiger partial charge on any atom is -0.309 e. The molecule has 0 radical (unpaired) electrons. The van der Waals surface area contributed by atoms with Gasteiger partial charge in [0.1, 0.15) is 0 Å². The second kappa shape index (κ2) is 17.2. The van der Waals surface area contributed by atoms with Gasteiger partial charge in [-0.2, -0.15) is 0 Å². The molecule has 0 saturated carbocycles. The van der Waals surface area contributed by atoms with Crippen molar-refractivity contribution in [2.24, 2.45) is 0 Å². The van der Waals surface area contributed by atoms with E-state index in [2.05, 4.69) is 257 Å². The summed E-state index contributed by atoms with van der Waals surface area (Å²) in [6, 6.07) is 73.3. The van der Waals surface area contributed by atoms with Crippen molar-refractivity contribution in [2.75, 3.05) is 9.80 Å². The number of hydrogen-bond acceptors (Lipinski definition) is 2. The molecule has 10 aromatic rings. The van der Waals surface area contributed by atoms with E-state index in [0.717, 1.165) is 24.2 Å². The summed E-state index contributed by atoms with van der Waals surface area (Å²) < 4.78 is 0. The van der Waals surface area contributed by atoms with Gasteiger partial charge in [0.05, 0.1) is 38.9 Å². The van der Waals surface area contributed by atoms with Gasteiger partial charge in [0.2, 0.25) is 0 Å². The van der Waals surface area contributed by atoms with Crippen LogP contribution in [-0.4, -0.2) is 16.1 Å². The van der Waals surface area contributed by atoms with Crippen LogP contribution >= 0.6 is 0 Å². The standard InChI is InChI=1S/C62H60N2Si2/c1-9-43-41-59(63(47-29-33-49(34-30-47)65(3,4)5)57-27-19-17-25-51(57)45-21-13-11-14-22-45)55-40-38-54-44(10-2)42-60(56-39-37-53(43)61(55)62(54)56)64(48-31-35-50(36-32-48)66(6,7)8)58-28-20-18-26-52(58)46-23-15-12-16-24-46/h11-42H,9-10H2,1-8H3. The van der Waals surface area contributed by atoms with E-state index in [1.165, 1.54) is 98.8 Å². The van der Waals surface area contributed by atoms with Crippen molar-refractivity contribution >= 4 is 93.0 Å². The van der Waals surface area contributed by atoms with Gasteiger partial charge < -0.3 is 9.80 Å². The molecular formula is C62H60N2Si2. The predicted octanol–water partition coefficient (Wildman–Crippen LogP) is 17.1. The van der Waals surface area contributed by atoms with Crippen molar-refractivity contribution < 1.29 is 0 Å². The first-order chi connectivity index (χ1) is 31.9. The highest BCUT2D eigenvalue weighted by atomic mass is 28.3. The van der Waals surface area contributed by atoms with E-state index in [0.29, 0.717) is 0 Å². The van der Waals surface area contributed by atoms with Crippen LogP contribution in [0, 0.1) is 0 Å². The summed E-state index contributed by atoms with van der Waals surface area (Å²) in [5, 5.41) is 10.8. The molecule has 0 aliphatic heterocycles. The van der Waals surface area contributed by atoms with E-state index in [1.54, 1.807) is 0 Å². The monoisotopic (exact) mass is 888 g/mol. The van der Waals surface area contributed by atoms with Crippen molar-refractivity contribution in [1.82, 2.24) is 0 Å². The zero-order chi connectivity index (χ0) is 45.7. The second-order valence-electron chi connectivity index (χ2n) is 19.9. The zero-order valence-corrected chi connectivity index (χ0v) is 41.8. The molecule has 66 heavy (non-hydrogen) atoms. The molecule has 0 N–H and O–H groups in total. The quantitative estimate of drug-likeness (QED) is 0.0891. The van der Waals surface area contributed by atoms with Gasteiger partial charge in [-0.25, -0.2) is 0 Å². The van der Waals surface area contributed by atoms with Crippen molar-refractivity contribution in [3.05, 3.63) is 205 Å². The normalized spacial score (nSPS) is 12.1. The number of anilines is 6. The molecule has 0 amide bonds. The van der Waals surface area contributed by atoms with Gasteiger partial charge in [0.15, 0.2) is 0 Å². The molecule has 10 aromatic carbocycles. The molecule has 0 aromatic heterocycles. The molecule has 0 bridgehead atoms. The maximum Gasteiger partial charge on any atom is 0.0775 e. The van der Waals surface area contributed by atoms with Crippen molar-refractivity contribution in [3.8, 4) is 22.3 Å².